The second kappa shape index (κ2) is 3.11. The Hall–Kier alpha value is -0.0900. The molecule has 0 aromatic rings. The zero-order valence-electron chi connectivity index (χ0n) is 6.79. The van der Waals surface area contributed by atoms with Crippen molar-refractivity contribution in [1.82, 2.24) is 0 Å². The predicted molar refractivity (Wildman–Crippen MR) is 45.0 cm³/mol. The highest BCUT2D eigenvalue weighted by molar-refractivity contribution is 7.91. The van der Waals surface area contributed by atoms with Crippen molar-refractivity contribution < 1.29 is 8.42 Å². The average Bonchev–Trinajstić information content (AvgIpc) is 2.08. The summed E-state index contributed by atoms with van der Waals surface area (Å²) in [5, 5.41) is 0. The van der Waals surface area contributed by atoms with E-state index in [1.807, 2.05) is 6.92 Å². The van der Waals surface area contributed by atoms with Gasteiger partial charge in [-0.2, -0.15) is 0 Å². The first-order valence-electron chi connectivity index (χ1n) is 3.95. The normalized spacial score (nSPS) is 32.0. The van der Waals surface area contributed by atoms with Gasteiger partial charge in [-0.25, -0.2) is 8.42 Å². The molecular formula is C7H15NO2S. The molecule has 1 aliphatic rings. The molecule has 4 heteroatoms. The van der Waals surface area contributed by atoms with Gasteiger partial charge in [0.1, 0.15) is 0 Å². The minimum Gasteiger partial charge on any atom is -0.328 e. The fraction of sp³-hybridized carbons (Fsp3) is 1.00. The number of hydrogen-bond acceptors (Lipinski definition) is 3. The van der Waals surface area contributed by atoms with Crippen LogP contribution in [0.25, 0.3) is 0 Å². The van der Waals surface area contributed by atoms with Crippen LogP contribution in [0, 0.1) is 5.92 Å². The van der Waals surface area contributed by atoms with Crippen LogP contribution in [0.1, 0.15) is 19.8 Å². The lowest BCUT2D eigenvalue weighted by Crippen LogP contribution is -2.20. The molecule has 1 saturated heterocycles. The smallest absolute Gasteiger partial charge is 0.150 e. The topological polar surface area (TPSA) is 60.2 Å². The van der Waals surface area contributed by atoms with Crippen LogP contribution in [0.3, 0.4) is 0 Å². The van der Waals surface area contributed by atoms with Gasteiger partial charge in [-0.05, 0) is 25.7 Å². The van der Waals surface area contributed by atoms with E-state index in [4.69, 9.17) is 5.73 Å². The Bertz CT molecular complexity index is 221. The van der Waals surface area contributed by atoms with Gasteiger partial charge >= 0.3 is 0 Å². The Kier molecular flexibility index (Phi) is 2.54. The molecule has 66 valence electrons. The third kappa shape index (κ3) is 2.79. The van der Waals surface area contributed by atoms with Crippen molar-refractivity contribution in [2.24, 2.45) is 11.7 Å². The molecule has 11 heavy (non-hydrogen) atoms. The van der Waals surface area contributed by atoms with Gasteiger partial charge in [-0.3, -0.25) is 0 Å². The van der Waals surface area contributed by atoms with E-state index in [0.717, 1.165) is 12.8 Å². The SMILES string of the molecule is CC(N)CC1CCS(=O)(=O)C1. The van der Waals surface area contributed by atoms with Crippen LogP contribution < -0.4 is 5.73 Å². The molecular weight excluding hydrogens is 162 g/mol. The monoisotopic (exact) mass is 177 g/mol. The van der Waals surface area contributed by atoms with E-state index in [-0.39, 0.29) is 6.04 Å². The Morgan fingerprint density at radius 2 is 2.27 bits per heavy atom. The van der Waals surface area contributed by atoms with Gasteiger partial charge in [0.05, 0.1) is 11.5 Å². The molecule has 0 radical (unpaired) electrons. The van der Waals surface area contributed by atoms with Gasteiger partial charge in [0, 0.05) is 6.04 Å². The zero-order chi connectivity index (χ0) is 8.48. The molecule has 3 nitrogen and oxygen atoms in total. The number of hydrogen-bond donors (Lipinski definition) is 1. The van der Waals surface area contributed by atoms with E-state index in [0.29, 0.717) is 17.4 Å². The molecule has 1 fully saturated rings. The lowest BCUT2D eigenvalue weighted by molar-refractivity contribution is 0.490. The van der Waals surface area contributed by atoms with Gasteiger partial charge in [-0.1, -0.05) is 0 Å². The van der Waals surface area contributed by atoms with Crippen molar-refractivity contribution in [2.45, 2.75) is 25.8 Å². The summed E-state index contributed by atoms with van der Waals surface area (Å²) < 4.78 is 22.0. The van der Waals surface area contributed by atoms with E-state index in [9.17, 15) is 8.42 Å². The quantitative estimate of drug-likeness (QED) is 0.653. The van der Waals surface area contributed by atoms with Gasteiger partial charge in [-0.15, -0.1) is 0 Å². The molecule has 0 bridgehead atoms. The summed E-state index contributed by atoms with van der Waals surface area (Å²) in [5.41, 5.74) is 5.57. The minimum atomic E-state index is -2.70. The Morgan fingerprint density at radius 1 is 1.64 bits per heavy atom. The molecule has 0 aliphatic carbocycles. The number of nitrogens with two attached hydrogens (primary N) is 1. The number of sulfone groups is 1. The Balaban J connectivity index is 2.43. The van der Waals surface area contributed by atoms with E-state index in [1.54, 1.807) is 0 Å². The predicted octanol–water partition coefficient (Wildman–Crippen LogP) is 0.158. The van der Waals surface area contributed by atoms with Crippen LogP contribution in [0.2, 0.25) is 0 Å². The molecule has 1 rings (SSSR count). The van der Waals surface area contributed by atoms with Crippen LogP contribution >= 0.6 is 0 Å². The lowest BCUT2D eigenvalue weighted by Gasteiger charge is -2.09. The first-order chi connectivity index (χ1) is 4.99. The molecule has 1 heterocycles. The number of rotatable bonds is 2. The van der Waals surface area contributed by atoms with Crippen molar-refractivity contribution in [1.29, 1.82) is 0 Å². The Morgan fingerprint density at radius 3 is 2.64 bits per heavy atom. The maximum Gasteiger partial charge on any atom is 0.150 e. The van der Waals surface area contributed by atoms with E-state index in [1.165, 1.54) is 0 Å². The molecule has 1 aliphatic heterocycles. The van der Waals surface area contributed by atoms with Crippen LogP contribution in [0.5, 0.6) is 0 Å². The van der Waals surface area contributed by atoms with Gasteiger partial charge in [0.25, 0.3) is 0 Å². The maximum atomic E-state index is 11.0. The average molecular weight is 177 g/mol. The minimum absolute atomic E-state index is 0.133. The first kappa shape index (κ1) is 9.00. The van der Waals surface area contributed by atoms with Crippen LogP contribution in [0.4, 0.5) is 0 Å². The largest absolute Gasteiger partial charge is 0.328 e. The molecule has 2 unspecified atom stereocenters. The highest BCUT2D eigenvalue weighted by Gasteiger charge is 2.27. The zero-order valence-corrected chi connectivity index (χ0v) is 7.60. The molecule has 0 aromatic heterocycles. The summed E-state index contributed by atoms with van der Waals surface area (Å²) in [6.07, 6.45) is 1.66. The summed E-state index contributed by atoms with van der Waals surface area (Å²) in [5.74, 6) is 1.04. The van der Waals surface area contributed by atoms with Crippen LogP contribution in [-0.2, 0) is 9.84 Å². The fourth-order valence-corrected chi connectivity index (χ4v) is 3.46. The van der Waals surface area contributed by atoms with Crippen molar-refractivity contribution in [3.05, 3.63) is 0 Å². The summed E-state index contributed by atoms with van der Waals surface area (Å²) >= 11 is 0. The molecule has 0 aromatic carbocycles. The summed E-state index contributed by atoms with van der Waals surface area (Å²) in [6, 6.07) is 0.133. The second-order valence-corrected chi connectivity index (χ2v) is 5.71. The van der Waals surface area contributed by atoms with Crippen molar-refractivity contribution >= 4 is 9.84 Å². The lowest BCUT2D eigenvalue weighted by atomic mass is 10.0. The van der Waals surface area contributed by atoms with Gasteiger partial charge in [0.2, 0.25) is 0 Å². The third-order valence-electron chi connectivity index (χ3n) is 2.03. The maximum absolute atomic E-state index is 11.0. The summed E-state index contributed by atoms with van der Waals surface area (Å²) in [4.78, 5) is 0. The summed E-state index contributed by atoms with van der Waals surface area (Å²) in [6.45, 7) is 1.92. The highest BCUT2D eigenvalue weighted by Crippen LogP contribution is 2.21. The van der Waals surface area contributed by atoms with Crippen LogP contribution in [0.15, 0.2) is 0 Å². The van der Waals surface area contributed by atoms with Crippen molar-refractivity contribution in [2.75, 3.05) is 11.5 Å². The van der Waals surface area contributed by atoms with Crippen molar-refractivity contribution in [3.63, 3.8) is 0 Å². The Labute approximate surface area is 67.9 Å². The van der Waals surface area contributed by atoms with E-state index >= 15 is 0 Å². The molecule has 0 saturated carbocycles. The van der Waals surface area contributed by atoms with Crippen molar-refractivity contribution in [3.8, 4) is 0 Å². The molecule has 2 atom stereocenters. The second-order valence-electron chi connectivity index (χ2n) is 3.48. The molecule has 0 amide bonds. The van der Waals surface area contributed by atoms with E-state index in [2.05, 4.69) is 0 Å². The van der Waals surface area contributed by atoms with Gasteiger partial charge in [0.15, 0.2) is 9.84 Å². The first-order valence-corrected chi connectivity index (χ1v) is 5.78. The van der Waals surface area contributed by atoms with Gasteiger partial charge < -0.3 is 5.73 Å². The molecule has 2 N–H and O–H groups in total. The molecule has 0 spiro atoms. The standard InChI is InChI=1S/C7H15NO2S/c1-6(8)4-7-2-3-11(9,10)5-7/h6-7H,2-5,8H2,1H3. The highest BCUT2D eigenvalue weighted by atomic mass is 32.2. The summed E-state index contributed by atoms with van der Waals surface area (Å²) in [7, 11) is -2.70. The third-order valence-corrected chi connectivity index (χ3v) is 3.87. The van der Waals surface area contributed by atoms with Crippen LogP contribution in [-0.4, -0.2) is 26.0 Å². The fourth-order valence-electron chi connectivity index (χ4n) is 1.58. The van der Waals surface area contributed by atoms with E-state index < -0.39 is 9.84 Å².